The lowest BCUT2D eigenvalue weighted by molar-refractivity contribution is 0.359. The third-order valence-corrected chi connectivity index (χ3v) is 5.50. The average Bonchev–Trinajstić information content (AvgIpc) is 2.77. The van der Waals surface area contributed by atoms with Gasteiger partial charge in [0.1, 0.15) is 0 Å². The molecule has 2 atom stereocenters. The van der Waals surface area contributed by atoms with Crippen LogP contribution in [0.4, 0.5) is 4.39 Å². The monoisotopic (exact) mass is 301 g/mol. The number of methoxy groups -OCH3 is 1. The standard InChI is InChI=1S/C14H20FNO3S/c1-3-16-14(10-7-8-20(17,18)9-10)11-5-4-6-12(19-2)13(11)15/h4-6,10,14,16H,3,7-9H2,1-2H3. The molecule has 112 valence electrons. The van der Waals surface area contributed by atoms with Crippen LogP contribution in [0.25, 0.3) is 0 Å². The van der Waals surface area contributed by atoms with Gasteiger partial charge in [-0.1, -0.05) is 19.1 Å². The summed E-state index contributed by atoms with van der Waals surface area (Å²) in [5, 5.41) is 3.21. The Morgan fingerprint density at radius 1 is 1.50 bits per heavy atom. The molecule has 6 heteroatoms. The summed E-state index contributed by atoms with van der Waals surface area (Å²) in [7, 11) is -1.57. The first kappa shape index (κ1) is 15.3. The topological polar surface area (TPSA) is 55.4 Å². The molecule has 0 aromatic heterocycles. The Labute approximate surface area is 119 Å². The fraction of sp³-hybridized carbons (Fsp3) is 0.571. The SMILES string of the molecule is CCNC(c1cccc(OC)c1F)C1CCS(=O)(=O)C1. The van der Waals surface area contributed by atoms with Crippen molar-refractivity contribution in [3.8, 4) is 5.75 Å². The smallest absolute Gasteiger partial charge is 0.169 e. The minimum atomic E-state index is -2.99. The quantitative estimate of drug-likeness (QED) is 0.903. The first-order valence-electron chi connectivity index (χ1n) is 6.74. The second-order valence-electron chi connectivity index (χ2n) is 5.06. The fourth-order valence-electron chi connectivity index (χ4n) is 2.76. The molecule has 0 bridgehead atoms. The highest BCUT2D eigenvalue weighted by Crippen LogP contribution is 2.34. The van der Waals surface area contributed by atoms with Crippen LogP contribution in [0.3, 0.4) is 0 Å². The summed E-state index contributed by atoms with van der Waals surface area (Å²) < 4.78 is 42.7. The first-order valence-corrected chi connectivity index (χ1v) is 8.57. The predicted octanol–water partition coefficient (Wildman–Crippen LogP) is 1.92. The molecule has 20 heavy (non-hydrogen) atoms. The predicted molar refractivity (Wildman–Crippen MR) is 76.1 cm³/mol. The number of hydrogen-bond acceptors (Lipinski definition) is 4. The van der Waals surface area contributed by atoms with E-state index in [-0.39, 0.29) is 29.2 Å². The third-order valence-electron chi connectivity index (χ3n) is 3.71. The van der Waals surface area contributed by atoms with E-state index in [1.165, 1.54) is 7.11 Å². The number of ether oxygens (including phenoxy) is 1. The molecular weight excluding hydrogens is 281 g/mol. The molecule has 4 nitrogen and oxygen atoms in total. The molecule has 1 aliphatic heterocycles. The molecule has 1 fully saturated rings. The van der Waals surface area contributed by atoms with Gasteiger partial charge in [-0.15, -0.1) is 0 Å². The van der Waals surface area contributed by atoms with Gasteiger partial charge in [0.25, 0.3) is 0 Å². The molecule has 1 N–H and O–H groups in total. The van der Waals surface area contributed by atoms with Gasteiger partial charge in [-0.3, -0.25) is 0 Å². The molecule has 1 aromatic rings. The highest BCUT2D eigenvalue weighted by Gasteiger charge is 2.35. The van der Waals surface area contributed by atoms with Crippen molar-refractivity contribution in [2.45, 2.75) is 19.4 Å². The van der Waals surface area contributed by atoms with E-state index in [2.05, 4.69) is 5.32 Å². The van der Waals surface area contributed by atoms with Crippen molar-refractivity contribution in [2.24, 2.45) is 5.92 Å². The summed E-state index contributed by atoms with van der Waals surface area (Å²) in [5.74, 6) is -0.0232. The van der Waals surface area contributed by atoms with Crippen molar-refractivity contribution in [3.63, 3.8) is 0 Å². The van der Waals surface area contributed by atoms with Crippen molar-refractivity contribution in [2.75, 3.05) is 25.2 Å². The number of nitrogens with one attached hydrogen (secondary N) is 1. The van der Waals surface area contributed by atoms with E-state index in [4.69, 9.17) is 4.74 Å². The summed E-state index contributed by atoms with van der Waals surface area (Å²) in [5.41, 5.74) is 0.480. The summed E-state index contributed by atoms with van der Waals surface area (Å²) in [4.78, 5) is 0. The Morgan fingerprint density at radius 2 is 2.25 bits per heavy atom. The van der Waals surface area contributed by atoms with E-state index < -0.39 is 15.7 Å². The molecule has 0 saturated carbocycles. The van der Waals surface area contributed by atoms with E-state index >= 15 is 0 Å². The Kier molecular flexibility index (Phi) is 4.65. The lowest BCUT2D eigenvalue weighted by Gasteiger charge is -2.25. The third kappa shape index (κ3) is 3.12. The zero-order valence-corrected chi connectivity index (χ0v) is 12.5. The summed E-state index contributed by atoms with van der Waals surface area (Å²) >= 11 is 0. The van der Waals surface area contributed by atoms with Crippen molar-refractivity contribution < 1.29 is 17.5 Å². The maximum Gasteiger partial charge on any atom is 0.169 e. The summed E-state index contributed by atoms with van der Waals surface area (Å²) in [6.45, 7) is 2.58. The Morgan fingerprint density at radius 3 is 2.80 bits per heavy atom. The van der Waals surface area contributed by atoms with Crippen LogP contribution in [0.1, 0.15) is 24.9 Å². The van der Waals surface area contributed by atoms with Crippen LogP contribution >= 0.6 is 0 Å². The molecule has 0 radical (unpaired) electrons. The summed E-state index contributed by atoms with van der Waals surface area (Å²) in [6, 6.07) is 4.68. The highest BCUT2D eigenvalue weighted by molar-refractivity contribution is 7.91. The van der Waals surface area contributed by atoms with E-state index in [1.54, 1.807) is 18.2 Å². The minimum absolute atomic E-state index is 0.0958. The second-order valence-corrected chi connectivity index (χ2v) is 7.29. The normalized spacial score (nSPS) is 22.6. The van der Waals surface area contributed by atoms with Crippen LogP contribution in [0.2, 0.25) is 0 Å². The zero-order chi connectivity index (χ0) is 14.8. The lowest BCUT2D eigenvalue weighted by atomic mass is 9.92. The van der Waals surface area contributed by atoms with E-state index in [1.807, 2.05) is 6.92 Å². The van der Waals surface area contributed by atoms with Crippen LogP contribution in [-0.2, 0) is 9.84 Å². The van der Waals surface area contributed by atoms with Gasteiger partial charge >= 0.3 is 0 Å². The van der Waals surface area contributed by atoms with Gasteiger partial charge in [0.15, 0.2) is 21.4 Å². The molecule has 1 saturated heterocycles. The molecule has 0 amide bonds. The number of halogens is 1. The molecule has 1 heterocycles. The molecule has 2 unspecified atom stereocenters. The largest absolute Gasteiger partial charge is 0.494 e. The first-order chi connectivity index (χ1) is 9.48. The fourth-order valence-corrected chi connectivity index (χ4v) is 4.60. The maximum absolute atomic E-state index is 14.4. The van der Waals surface area contributed by atoms with Crippen LogP contribution in [0.5, 0.6) is 5.75 Å². The van der Waals surface area contributed by atoms with Crippen molar-refractivity contribution in [1.82, 2.24) is 5.32 Å². The van der Waals surface area contributed by atoms with Gasteiger partial charge in [-0.2, -0.15) is 0 Å². The number of hydrogen-bond donors (Lipinski definition) is 1. The average molecular weight is 301 g/mol. The van der Waals surface area contributed by atoms with Gasteiger partial charge in [0.2, 0.25) is 0 Å². The van der Waals surface area contributed by atoms with Crippen LogP contribution < -0.4 is 10.1 Å². The van der Waals surface area contributed by atoms with Gasteiger partial charge in [0.05, 0.1) is 18.6 Å². The number of sulfone groups is 1. The number of rotatable bonds is 5. The molecule has 0 aliphatic carbocycles. The van der Waals surface area contributed by atoms with E-state index in [0.717, 1.165) is 0 Å². The Bertz CT molecular complexity index is 574. The van der Waals surface area contributed by atoms with Crippen molar-refractivity contribution in [1.29, 1.82) is 0 Å². The van der Waals surface area contributed by atoms with Gasteiger partial charge in [-0.05, 0) is 24.9 Å². The number of benzene rings is 1. The molecule has 0 spiro atoms. The van der Waals surface area contributed by atoms with Gasteiger partial charge < -0.3 is 10.1 Å². The highest BCUT2D eigenvalue weighted by atomic mass is 32.2. The van der Waals surface area contributed by atoms with Gasteiger partial charge in [-0.25, -0.2) is 12.8 Å². The molecule has 2 rings (SSSR count). The lowest BCUT2D eigenvalue weighted by Crippen LogP contribution is -2.30. The van der Waals surface area contributed by atoms with E-state index in [0.29, 0.717) is 18.5 Å². The maximum atomic E-state index is 14.4. The Balaban J connectivity index is 2.34. The van der Waals surface area contributed by atoms with Crippen LogP contribution in [0.15, 0.2) is 18.2 Å². The van der Waals surface area contributed by atoms with Crippen molar-refractivity contribution >= 4 is 9.84 Å². The summed E-state index contributed by atoms with van der Waals surface area (Å²) in [6.07, 6.45) is 0.566. The second kappa shape index (κ2) is 6.10. The van der Waals surface area contributed by atoms with Crippen molar-refractivity contribution in [3.05, 3.63) is 29.6 Å². The van der Waals surface area contributed by atoms with E-state index in [9.17, 15) is 12.8 Å². The molecule has 1 aromatic carbocycles. The molecule has 1 aliphatic rings. The Hall–Kier alpha value is -1.14. The zero-order valence-electron chi connectivity index (χ0n) is 11.7. The van der Waals surface area contributed by atoms with Crippen LogP contribution in [0, 0.1) is 11.7 Å². The minimum Gasteiger partial charge on any atom is -0.494 e. The molecular formula is C14H20FNO3S. The van der Waals surface area contributed by atoms with Crippen LogP contribution in [-0.4, -0.2) is 33.6 Å². The van der Waals surface area contributed by atoms with Gasteiger partial charge in [0, 0.05) is 11.6 Å².